The minimum atomic E-state index is -1.02. The minimum absolute atomic E-state index is 0.0281. The second kappa shape index (κ2) is 3.93. The summed E-state index contributed by atoms with van der Waals surface area (Å²) in [6.07, 6.45) is -1.02. The molecule has 0 radical (unpaired) electrons. The highest BCUT2D eigenvalue weighted by Gasteiger charge is 2.17. The Morgan fingerprint density at radius 2 is 1.93 bits per heavy atom. The summed E-state index contributed by atoms with van der Waals surface area (Å²) in [6, 6.07) is 5.68. The first kappa shape index (κ1) is 11.6. The lowest BCUT2D eigenvalue weighted by Gasteiger charge is -2.23. The predicted octanol–water partition coefficient (Wildman–Crippen LogP) is 3.38. The van der Waals surface area contributed by atoms with Crippen LogP contribution >= 0.6 is 0 Å². The van der Waals surface area contributed by atoms with Crippen molar-refractivity contribution in [3.63, 3.8) is 0 Å². The number of anilines is 1. The van der Waals surface area contributed by atoms with Crippen molar-refractivity contribution in [1.29, 1.82) is 0 Å². The smallest absolute Gasteiger partial charge is 0.409 e. The van der Waals surface area contributed by atoms with Crippen LogP contribution in [0.2, 0.25) is 0 Å². The maximum atomic E-state index is 10.6. The summed E-state index contributed by atoms with van der Waals surface area (Å²) in [5.74, 6) is 0. The molecule has 0 atom stereocenters. The van der Waals surface area contributed by atoms with Crippen molar-refractivity contribution in [1.82, 2.24) is 0 Å². The lowest BCUT2D eigenvalue weighted by atomic mass is 9.83. The Kier molecular flexibility index (Phi) is 3.03. The van der Waals surface area contributed by atoms with E-state index in [-0.39, 0.29) is 5.41 Å². The second-order valence-corrected chi connectivity index (χ2v) is 4.66. The molecule has 3 heteroatoms. The Hall–Kier alpha value is -1.51. The normalized spacial score (nSPS) is 11.2. The minimum Gasteiger partial charge on any atom is -0.465 e. The first-order valence-corrected chi connectivity index (χ1v) is 4.92. The van der Waals surface area contributed by atoms with Gasteiger partial charge in [0.2, 0.25) is 0 Å². The Labute approximate surface area is 90.1 Å². The molecule has 0 aliphatic rings. The van der Waals surface area contributed by atoms with Gasteiger partial charge in [-0.3, -0.25) is 5.32 Å². The van der Waals surface area contributed by atoms with Gasteiger partial charge in [-0.15, -0.1) is 0 Å². The quantitative estimate of drug-likeness (QED) is 0.741. The van der Waals surface area contributed by atoms with Crippen molar-refractivity contribution in [2.75, 3.05) is 5.32 Å². The van der Waals surface area contributed by atoms with Gasteiger partial charge >= 0.3 is 6.09 Å². The van der Waals surface area contributed by atoms with Crippen molar-refractivity contribution < 1.29 is 9.90 Å². The van der Waals surface area contributed by atoms with Crippen LogP contribution in [0.3, 0.4) is 0 Å². The van der Waals surface area contributed by atoms with Gasteiger partial charge in [0.05, 0.1) is 0 Å². The first-order valence-electron chi connectivity index (χ1n) is 4.92. The lowest BCUT2D eigenvalue weighted by Crippen LogP contribution is -2.15. The largest absolute Gasteiger partial charge is 0.465 e. The van der Waals surface area contributed by atoms with Crippen LogP contribution in [0.4, 0.5) is 10.5 Å². The number of rotatable bonds is 1. The fraction of sp³-hybridized carbons (Fsp3) is 0.417. The summed E-state index contributed by atoms with van der Waals surface area (Å²) in [5.41, 5.74) is 2.84. The van der Waals surface area contributed by atoms with E-state index in [1.807, 2.05) is 19.1 Å². The molecule has 0 bridgehead atoms. The number of carbonyl (C=O) groups is 1. The van der Waals surface area contributed by atoms with E-state index in [9.17, 15) is 4.79 Å². The molecule has 0 fully saturated rings. The standard InChI is InChI=1S/C12H17NO2/c1-8-9(12(2,3)4)6-5-7-10(8)13-11(14)15/h5-7,13H,1-4H3,(H,14,15). The molecule has 3 nitrogen and oxygen atoms in total. The molecule has 82 valence electrons. The molecule has 0 aliphatic carbocycles. The third-order valence-electron chi connectivity index (χ3n) is 2.38. The number of nitrogens with one attached hydrogen (secondary N) is 1. The van der Waals surface area contributed by atoms with E-state index in [1.165, 1.54) is 0 Å². The fourth-order valence-corrected chi connectivity index (χ4v) is 1.70. The van der Waals surface area contributed by atoms with Crippen molar-refractivity contribution >= 4 is 11.8 Å². The molecule has 0 spiro atoms. The molecule has 0 heterocycles. The second-order valence-electron chi connectivity index (χ2n) is 4.66. The molecular formula is C12H17NO2. The molecule has 0 saturated heterocycles. The first-order chi connectivity index (χ1) is 6.82. The summed E-state index contributed by atoms with van der Waals surface area (Å²) >= 11 is 0. The van der Waals surface area contributed by atoms with Crippen molar-refractivity contribution in [2.24, 2.45) is 0 Å². The van der Waals surface area contributed by atoms with Crippen LogP contribution in [0.15, 0.2) is 18.2 Å². The maximum absolute atomic E-state index is 10.6. The molecule has 0 aliphatic heterocycles. The molecule has 15 heavy (non-hydrogen) atoms. The van der Waals surface area contributed by atoms with Crippen LogP contribution in [0.5, 0.6) is 0 Å². The Morgan fingerprint density at radius 3 is 2.40 bits per heavy atom. The zero-order valence-electron chi connectivity index (χ0n) is 9.59. The lowest BCUT2D eigenvalue weighted by molar-refractivity contribution is 0.209. The molecule has 0 aromatic heterocycles. The van der Waals surface area contributed by atoms with E-state index in [1.54, 1.807) is 6.07 Å². The number of amides is 1. The Balaban J connectivity index is 3.17. The number of benzene rings is 1. The Morgan fingerprint density at radius 1 is 1.33 bits per heavy atom. The highest BCUT2D eigenvalue weighted by Crippen LogP contribution is 2.29. The zero-order chi connectivity index (χ0) is 11.6. The summed E-state index contributed by atoms with van der Waals surface area (Å²) in [5, 5.41) is 11.1. The van der Waals surface area contributed by atoms with Crippen LogP contribution in [0.25, 0.3) is 0 Å². The third-order valence-corrected chi connectivity index (χ3v) is 2.38. The van der Waals surface area contributed by atoms with Gasteiger partial charge in [0, 0.05) is 5.69 Å². The van der Waals surface area contributed by atoms with Crippen LogP contribution in [-0.2, 0) is 5.41 Å². The van der Waals surface area contributed by atoms with Crippen molar-refractivity contribution in [3.8, 4) is 0 Å². The van der Waals surface area contributed by atoms with E-state index in [2.05, 4.69) is 26.1 Å². The molecule has 1 amide bonds. The fourth-order valence-electron chi connectivity index (χ4n) is 1.70. The summed E-state index contributed by atoms with van der Waals surface area (Å²) in [4.78, 5) is 10.6. The number of hydrogen-bond acceptors (Lipinski definition) is 1. The van der Waals surface area contributed by atoms with Crippen molar-refractivity contribution in [3.05, 3.63) is 29.3 Å². The molecule has 0 unspecified atom stereocenters. The molecule has 1 aromatic rings. The zero-order valence-corrected chi connectivity index (χ0v) is 9.59. The third kappa shape index (κ3) is 2.72. The van der Waals surface area contributed by atoms with Gasteiger partial charge in [-0.05, 0) is 29.5 Å². The highest BCUT2D eigenvalue weighted by atomic mass is 16.4. The SMILES string of the molecule is Cc1c(NC(=O)O)cccc1C(C)(C)C. The van der Waals surface area contributed by atoms with Crippen LogP contribution < -0.4 is 5.32 Å². The van der Waals surface area contributed by atoms with Gasteiger partial charge in [0.15, 0.2) is 0 Å². The topological polar surface area (TPSA) is 49.3 Å². The van der Waals surface area contributed by atoms with Crippen LogP contribution in [0, 0.1) is 6.92 Å². The molecule has 1 aromatic carbocycles. The molecule has 2 N–H and O–H groups in total. The van der Waals surface area contributed by atoms with Gasteiger partial charge in [-0.1, -0.05) is 32.9 Å². The van der Waals surface area contributed by atoms with Crippen LogP contribution in [0.1, 0.15) is 31.9 Å². The van der Waals surface area contributed by atoms with Gasteiger partial charge in [0.25, 0.3) is 0 Å². The van der Waals surface area contributed by atoms with E-state index >= 15 is 0 Å². The van der Waals surface area contributed by atoms with E-state index in [4.69, 9.17) is 5.11 Å². The van der Waals surface area contributed by atoms with E-state index in [0.717, 1.165) is 11.1 Å². The highest BCUT2D eigenvalue weighted by molar-refractivity contribution is 5.84. The average molecular weight is 207 g/mol. The van der Waals surface area contributed by atoms with E-state index in [0.29, 0.717) is 5.69 Å². The molecule has 1 rings (SSSR count). The predicted molar refractivity (Wildman–Crippen MR) is 61.5 cm³/mol. The monoisotopic (exact) mass is 207 g/mol. The van der Waals surface area contributed by atoms with Gasteiger partial charge in [0.1, 0.15) is 0 Å². The number of carboxylic acid groups (broad SMARTS) is 1. The van der Waals surface area contributed by atoms with Crippen LogP contribution in [-0.4, -0.2) is 11.2 Å². The average Bonchev–Trinajstić information content (AvgIpc) is 2.05. The Bertz CT molecular complexity index is 378. The van der Waals surface area contributed by atoms with Gasteiger partial charge in [-0.25, -0.2) is 4.79 Å². The number of hydrogen-bond donors (Lipinski definition) is 2. The van der Waals surface area contributed by atoms with E-state index < -0.39 is 6.09 Å². The maximum Gasteiger partial charge on any atom is 0.409 e. The van der Waals surface area contributed by atoms with Gasteiger partial charge < -0.3 is 5.11 Å². The summed E-state index contributed by atoms with van der Waals surface area (Å²) < 4.78 is 0. The van der Waals surface area contributed by atoms with Crippen molar-refractivity contribution in [2.45, 2.75) is 33.1 Å². The molecule has 0 saturated carbocycles. The summed E-state index contributed by atoms with van der Waals surface area (Å²) in [6.45, 7) is 8.27. The van der Waals surface area contributed by atoms with Gasteiger partial charge in [-0.2, -0.15) is 0 Å². The summed E-state index contributed by atoms with van der Waals surface area (Å²) in [7, 11) is 0. The molecular weight excluding hydrogens is 190 g/mol.